The lowest BCUT2D eigenvalue weighted by atomic mass is 9.80. The van der Waals surface area contributed by atoms with Gasteiger partial charge in [0.05, 0.1) is 29.6 Å². The van der Waals surface area contributed by atoms with Gasteiger partial charge >= 0.3 is 0 Å². The Labute approximate surface area is 195 Å². The highest BCUT2D eigenvalue weighted by Crippen LogP contribution is 2.44. The van der Waals surface area contributed by atoms with Crippen LogP contribution in [-0.2, 0) is 4.79 Å². The van der Waals surface area contributed by atoms with E-state index in [0.717, 1.165) is 5.69 Å². The Morgan fingerprint density at radius 3 is 2.85 bits per heavy atom. The van der Waals surface area contributed by atoms with Crippen molar-refractivity contribution in [2.24, 2.45) is 5.41 Å². The monoisotopic (exact) mass is 473 g/mol. The molecule has 0 spiro atoms. The smallest absolute Gasteiger partial charge is 0.256 e. The highest BCUT2D eigenvalue weighted by Gasteiger charge is 2.50. The van der Waals surface area contributed by atoms with Gasteiger partial charge in [0.2, 0.25) is 5.91 Å². The number of hydrogen-bond acceptors (Lipinski definition) is 6. The summed E-state index contributed by atoms with van der Waals surface area (Å²) in [6, 6.07) is 8.58. The van der Waals surface area contributed by atoms with E-state index < -0.39 is 23.3 Å². The fourth-order valence-electron chi connectivity index (χ4n) is 4.18. The van der Waals surface area contributed by atoms with Crippen LogP contribution in [-0.4, -0.2) is 64.9 Å². The van der Waals surface area contributed by atoms with Crippen molar-refractivity contribution in [1.82, 2.24) is 15.2 Å². The molecular weight excluding hydrogens is 448 g/mol. The Kier molecular flexibility index (Phi) is 6.18. The standard InChI is InChI=1S/C23H25F2N5O2S/c1-22(2)13-29(8-6-23(22,24)25)15-3-4-19-18(9-15)17(5-7-27-19)21(32)28-11-20(31)30-14-33-12-16(30)10-26/h3-5,7,9,16H,6,8,11-14H2,1-2H3,(H,28,32)/t16-/m1/s1. The van der Waals surface area contributed by atoms with E-state index in [9.17, 15) is 18.4 Å². The maximum absolute atomic E-state index is 14.3. The van der Waals surface area contributed by atoms with E-state index in [2.05, 4.69) is 16.4 Å². The van der Waals surface area contributed by atoms with Gasteiger partial charge in [0.1, 0.15) is 6.04 Å². The highest BCUT2D eigenvalue weighted by molar-refractivity contribution is 7.99. The zero-order valence-electron chi connectivity index (χ0n) is 18.5. The Morgan fingerprint density at radius 1 is 1.33 bits per heavy atom. The highest BCUT2D eigenvalue weighted by atomic mass is 32.2. The summed E-state index contributed by atoms with van der Waals surface area (Å²) in [6.45, 7) is 3.32. The number of benzene rings is 1. The molecular formula is C23H25F2N5O2S. The number of halogens is 2. The lowest BCUT2D eigenvalue weighted by Crippen LogP contribution is -2.52. The Bertz CT molecular complexity index is 1130. The maximum atomic E-state index is 14.3. The number of nitrogens with zero attached hydrogens (tertiary/aromatic N) is 4. The second kappa shape index (κ2) is 8.78. The molecule has 3 heterocycles. The number of amides is 2. The van der Waals surface area contributed by atoms with Crippen LogP contribution in [0.15, 0.2) is 30.5 Å². The van der Waals surface area contributed by atoms with Crippen LogP contribution < -0.4 is 10.2 Å². The molecule has 2 saturated heterocycles. The molecule has 7 nitrogen and oxygen atoms in total. The van der Waals surface area contributed by atoms with Crippen molar-refractivity contribution in [2.75, 3.05) is 36.2 Å². The first-order chi connectivity index (χ1) is 15.6. The van der Waals surface area contributed by atoms with Gasteiger partial charge in [-0.2, -0.15) is 5.26 Å². The molecule has 4 rings (SSSR count). The predicted octanol–water partition coefficient (Wildman–Crippen LogP) is 3.26. The van der Waals surface area contributed by atoms with Crippen LogP contribution in [0.3, 0.4) is 0 Å². The first-order valence-electron chi connectivity index (χ1n) is 10.7. The summed E-state index contributed by atoms with van der Waals surface area (Å²) >= 11 is 1.50. The molecule has 33 heavy (non-hydrogen) atoms. The van der Waals surface area contributed by atoms with E-state index >= 15 is 0 Å². The normalized spacial score (nSPS) is 21.6. The van der Waals surface area contributed by atoms with Gasteiger partial charge in [-0.15, -0.1) is 11.8 Å². The fourth-order valence-corrected chi connectivity index (χ4v) is 5.29. The van der Waals surface area contributed by atoms with Gasteiger partial charge in [-0.05, 0) is 24.3 Å². The molecule has 1 aromatic heterocycles. The molecule has 0 saturated carbocycles. The van der Waals surface area contributed by atoms with Crippen LogP contribution in [0, 0.1) is 16.7 Å². The molecule has 2 aromatic rings. The molecule has 2 aliphatic heterocycles. The second-order valence-corrected chi connectivity index (χ2v) is 10.0. The minimum absolute atomic E-state index is 0.190. The van der Waals surface area contributed by atoms with E-state index in [1.165, 1.54) is 22.9 Å². The SMILES string of the molecule is CC1(C)CN(c2ccc3nccc(C(=O)NCC(=O)N4CSC[C@H]4C#N)c3c2)CCC1(F)F. The number of thioether (sulfide) groups is 1. The first-order valence-corrected chi connectivity index (χ1v) is 11.8. The van der Waals surface area contributed by atoms with Gasteiger partial charge < -0.3 is 15.1 Å². The number of nitriles is 1. The minimum Gasteiger partial charge on any atom is -0.371 e. The van der Waals surface area contributed by atoms with Crippen LogP contribution in [0.4, 0.5) is 14.5 Å². The molecule has 0 bridgehead atoms. The molecule has 2 aliphatic rings. The number of rotatable bonds is 4. The summed E-state index contributed by atoms with van der Waals surface area (Å²) in [5.41, 5.74) is 0.518. The van der Waals surface area contributed by atoms with Gasteiger partial charge in [-0.1, -0.05) is 13.8 Å². The summed E-state index contributed by atoms with van der Waals surface area (Å²) in [4.78, 5) is 33.0. The number of alkyl halides is 2. The molecule has 0 unspecified atom stereocenters. The second-order valence-electron chi connectivity index (χ2n) is 9.01. The fraction of sp³-hybridized carbons (Fsp3) is 0.478. The molecule has 1 atom stereocenters. The Morgan fingerprint density at radius 2 is 2.12 bits per heavy atom. The zero-order chi connectivity index (χ0) is 23.8. The number of carbonyl (C=O) groups is 2. The van der Waals surface area contributed by atoms with Crippen molar-refractivity contribution < 1.29 is 18.4 Å². The number of carbonyl (C=O) groups excluding carboxylic acids is 2. The molecule has 10 heteroatoms. The number of hydrogen-bond donors (Lipinski definition) is 1. The van der Waals surface area contributed by atoms with E-state index in [4.69, 9.17) is 5.26 Å². The van der Waals surface area contributed by atoms with Crippen LogP contribution >= 0.6 is 11.8 Å². The van der Waals surface area contributed by atoms with E-state index in [0.29, 0.717) is 28.1 Å². The third-order valence-corrected chi connectivity index (χ3v) is 7.37. The van der Waals surface area contributed by atoms with E-state index in [1.54, 1.807) is 32.0 Å². The summed E-state index contributed by atoms with van der Waals surface area (Å²) in [5.74, 6) is -2.49. The Balaban J connectivity index is 1.53. The summed E-state index contributed by atoms with van der Waals surface area (Å²) < 4.78 is 28.5. The molecule has 0 radical (unpaired) electrons. The average molecular weight is 474 g/mol. The van der Waals surface area contributed by atoms with E-state index in [-0.39, 0.29) is 32.0 Å². The molecule has 0 aliphatic carbocycles. The Hall–Kier alpha value is -2.93. The third kappa shape index (κ3) is 4.47. The van der Waals surface area contributed by atoms with Crippen molar-refractivity contribution in [1.29, 1.82) is 5.26 Å². The topological polar surface area (TPSA) is 89.3 Å². The van der Waals surface area contributed by atoms with Crippen molar-refractivity contribution in [2.45, 2.75) is 32.2 Å². The predicted molar refractivity (Wildman–Crippen MR) is 123 cm³/mol. The number of anilines is 1. The zero-order valence-corrected chi connectivity index (χ0v) is 19.3. The van der Waals surface area contributed by atoms with Crippen molar-refractivity contribution >= 4 is 40.2 Å². The number of pyridine rings is 1. The first kappa shape index (κ1) is 23.2. The summed E-state index contributed by atoms with van der Waals surface area (Å²) in [6.07, 6.45) is 1.28. The van der Waals surface area contributed by atoms with Gasteiger partial charge in [0, 0.05) is 47.9 Å². The number of aromatic nitrogens is 1. The van der Waals surface area contributed by atoms with Crippen LogP contribution in [0.5, 0.6) is 0 Å². The largest absolute Gasteiger partial charge is 0.371 e. The van der Waals surface area contributed by atoms with Crippen molar-refractivity contribution in [3.8, 4) is 6.07 Å². The molecule has 1 aromatic carbocycles. The van der Waals surface area contributed by atoms with Gasteiger partial charge in [-0.25, -0.2) is 8.78 Å². The van der Waals surface area contributed by atoms with Crippen LogP contribution in [0.1, 0.15) is 30.6 Å². The quantitative estimate of drug-likeness (QED) is 0.733. The summed E-state index contributed by atoms with van der Waals surface area (Å²) in [7, 11) is 0. The van der Waals surface area contributed by atoms with Crippen molar-refractivity contribution in [3.05, 3.63) is 36.0 Å². The average Bonchev–Trinajstić information content (AvgIpc) is 3.27. The van der Waals surface area contributed by atoms with Crippen molar-refractivity contribution in [3.63, 3.8) is 0 Å². The summed E-state index contributed by atoms with van der Waals surface area (Å²) in [5, 5.41) is 12.4. The third-order valence-electron chi connectivity index (χ3n) is 6.36. The molecule has 174 valence electrons. The van der Waals surface area contributed by atoms with Gasteiger partial charge in [0.15, 0.2) is 0 Å². The lowest BCUT2D eigenvalue weighted by Gasteiger charge is -2.45. The number of nitrogens with one attached hydrogen (secondary N) is 1. The molecule has 2 fully saturated rings. The lowest BCUT2D eigenvalue weighted by molar-refractivity contribution is -0.129. The van der Waals surface area contributed by atoms with E-state index in [1.807, 2.05) is 11.0 Å². The molecule has 1 N–H and O–H groups in total. The minimum atomic E-state index is -2.74. The number of piperidine rings is 1. The van der Waals surface area contributed by atoms with Gasteiger partial charge in [0.25, 0.3) is 11.8 Å². The van der Waals surface area contributed by atoms with Crippen LogP contribution in [0.2, 0.25) is 0 Å². The molecule has 2 amide bonds. The van der Waals surface area contributed by atoms with Crippen LogP contribution in [0.25, 0.3) is 10.9 Å². The number of fused-ring (bicyclic) bond motifs is 1. The maximum Gasteiger partial charge on any atom is 0.256 e. The van der Waals surface area contributed by atoms with Gasteiger partial charge in [-0.3, -0.25) is 14.6 Å².